The molecule has 2 fully saturated rings. The number of anilines is 1. The standard InChI is InChI=1S/C15H26N4O/c1-4-16-10(3)14-18-19-15(20-14)17-9(2)13-8-11-5-6-12(13)7-11/h9-13,16H,4-8H2,1-3H3,(H,17,19). The van der Waals surface area contributed by atoms with Gasteiger partial charge >= 0.3 is 6.01 Å². The highest BCUT2D eigenvalue weighted by atomic mass is 16.4. The molecule has 0 aromatic carbocycles. The van der Waals surface area contributed by atoms with Gasteiger partial charge in [0, 0.05) is 6.04 Å². The minimum Gasteiger partial charge on any atom is -0.406 e. The fourth-order valence-electron chi connectivity index (χ4n) is 4.07. The first-order valence-electron chi connectivity index (χ1n) is 8.00. The number of nitrogens with one attached hydrogen (secondary N) is 2. The first-order chi connectivity index (χ1) is 9.67. The Kier molecular flexibility index (Phi) is 3.96. The second kappa shape index (κ2) is 5.72. The smallest absolute Gasteiger partial charge is 0.315 e. The van der Waals surface area contributed by atoms with E-state index in [1.165, 1.54) is 25.7 Å². The molecule has 0 spiro atoms. The van der Waals surface area contributed by atoms with Crippen LogP contribution in [0.3, 0.4) is 0 Å². The van der Waals surface area contributed by atoms with Gasteiger partial charge in [-0.25, -0.2) is 0 Å². The van der Waals surface area contributed by atoms with E-state index in [0.29, 0.717) is 17.9 Å². The zero-order valence-corrected chi connectivity index (χ0v) is 12.7. The molecule has 2 aliphatic carbocycles. The van der Waals surface area contributed by atoms with E-state index in [0.717, 1.165) is 24.3 Å². The molecule has 1 aromatic heterocycles. The van der Waals surface area contributed by atoms with Crippen LogP contribution in [-0.4, -0.2) is 22.8 Å². The lowest BCUT2D eigenvalue weighted by atomic mass is 9.84. The van der Waals surface area contributed by atoms with E-state index < -0.39 is 0 Å². The van der Waals surface area contributed by atoms with Crippen LogP contribution in [0.15, 0.2) is 4.42 Å². The topological polar surface area (TPSA) is 63.0 Å². The highest BCUT2D eigenvalue weighted by Gasteiger charge is 2.42. The summed E-state index contributed by atoms with van der Waals surface area (Å²) in [6.45, 7) is 7.26. The van der Waals surface area contributed by atoms with Crippen LogP contribution in [0.1, 0.15) is 58.4 Å². The second-order valence-corrected chi connectivity index (χ2v) is 6.50. The van der Waals surface area contributed by atoms with Crippen LogP contribution in [0.4, 0.5) is 6.01 Å². The van der Waals surface area contributed by atoms with Gasteiger partial charge in [0.05, 0.1) is 6.04 Å². The van der Waals surface area contributed by atoms with Crippen molar-refractivity contribution in [1.82, 2.24) is 15.5 Å². The van der Waals surface area contributed by atoms with Crippen LogP contribution < -0.4 is 10.6 Å². The molecule has 5 atom stereocenters. The van der Waals surface area contributed by atoms with Gasteiger partial charge in [-0.2, -0.15) is 0 Å². The molecule has 5 unspecified atom stereocenters. The number of hydrogen-bond acceptors (Lipinski definition) is 5. The molecular formula is C15H26N4O. The van der Waals surface area contributed by atoms with Crippen molar-refractivity contribution < 1.29 is 4.42 Å². The molecule has 20 heavy (non-hydrogen) atoms. The van der Waals surface area contributed by atoms with Crippen molar-refractivity contribution in [2.45, 2.75) is 58.5 Å². The zero-order chi connectivity index (χ0) is 14.1. The summed E-state index contributed by atoms with van der Waals surface area (Å²) in [4.78, 5) is 0. The highest BCUT2D eigenvalue weighted by molar-refractivity contribution is 5.20. The average Bonchev–Trinajstić information content (AvgIpc) is 3.14. The maximum absolute atomic E-state index is 5.71. The molecule has 3 rings (SSSR count). The van der Waals surface area contributed by atoms with Crippen LogP contribution in [0.5, 0.6) is 0 Å². The number of rotatable bonds is 6. The number of aromatic nitrogens is 2. The fraction of sp³-hybridized carbons (Fsp3) is 0.867. The molecule has 0 amide bonds. The Balaban J connectivity index is 1.57. The molecule has 2 N–H and O–H groups in total. The van der Waals surface area contributed by atoms with Crippen molar-refractivity contribution in [3.63, 3.8) is 0 Å². The van der Waals surface area contributed by atoms with Crippen LogP contribution in [-0.2, 0) is 0 Å². The molecule has 0 saturated heterocycles. The molecular weight excluding hydrogens is 252 g/mol. The second-order valence-electron chi connectivity index (χ2n) is 6.50. The van der Waals surface area contributed by atoms with Gasteiger partial charge in [0.2, 0.25) is 5.89 Å². The number of hydrogen-bond donors (Lipinski definition) is 2. The third-order valence-corrected chi connectivity index (χ3v) is 5.11. The summed E-state index contributed by atoms with van der Waals surface area (Å²) in [5.41, 5.74) is 0. The van der Waals surface area contributed by atoms with E-state index in [9.17, 15) is 0 Å². The van der Waals surface area contributed by atoms with Crippen LogP contribution in [0.2, 0.25) is 0 Å². The lowest BCUT2D eigenvalue weighted by molar-refractivity contribution is 0.300. The maximum atomic E-state index is 5.71. The van der Waals surface area contributed by atoms with Gasteiger partial charge in [-0.05, 0) is 57.4 Å². The van der Waals surface area contributed by atoms with Crippen molar-refractivity contribution in [3.05, 3.63) is 5.89 Å². The summed E-state index contributed by atoms with van der Waals surface area (Å²) >= 11 is 0. The molecule has 1 heterocycles. The lowest BCUT2D eigenvalue weighted by Crippen LogP contribution is -2.30. The first kappa shape index (κ1) is 13.9. The van der Waals surface area contributed by atoms with E-state index in [1.807, 2.05) is 6.92 Å². The van der Waals surface area contributed by atoms with Gasteiger partial charge in [-0.3, -0.25) is 0 Å². The summed E-state index contributed by atoms with van der Waals surface area (Å²) in [7, 11) is 0. The minimum absolute atomic E-state index is 0.112. The Morgan fingerprint density at radius 1 is 1.25 bits per heavy atom. The van der Waals surface area contributed by atoms with Gasteiger partial charge in [0.25, 0.3) is 0 Å². The van der Waals surface area contributed by atoms with Gasteiger partial charge in [0.1, 0.15) is 0 Å². The largest absolute Gasteiger partial charge is 0.406 e. The predicted molar refractivity (Wildman–Crippen MR) is 78.4 cm³/mol. The Hall–Kier alpha value is -1.10. The molecule has 112 valence electrons. The van der Waals surface area contributed by atoms with Crippen molar-refractivity contribution in [2.24, 2.45) is 17.8 Å². The molecule has 1 aromatic rings. The highest BCUT2D eigenvalue weighted by Crippen LogP contribution is 2.49. The molecule has 2 aliphatic rings. The Morgan fingerprint density at radius 3 is 2.75 bits per heavy atom. The molecule has 0 radical (unpaired) electrons. The summed E-state index contributed by atoms with van der Waals surface area (Å²) in [6, 6.07) is 1.11. The Labute approximate surface area is 120 Å². The monoisotopic (exact) mass is 278 g/mol. The summed E-state index contributed by atoms with van der Waals surface area (Å²) in [5, 5.41) is 14.9. The molecule has 2 bridgehead atoms. The van der Waals surface area contributed by atoms with E-state index in [2.05, 4.69) is 34.7 Å². The normalized spacial score (nSPS) is 31.4. The van der Waals surface area contributed by atoms with E-state index in [-0.39, 0.29) is 6.04 Å². The SMILES string of the molecule is CCNC(C)c1nnc(NC(C)C2CC3CCC2C3)o1. The maximum Gasteiger partial charge on any atom is 0.315 e. The van der Waals surface area contributed by atoms with Crippen molar-refractivity contribution in [2.75, 3.05) is 11.9 Å². The minimum atomic E-state index is 0.112. The third kappa shape index (κ3) is 2.68. The van der Waals surface area contributed by atoms with Gasteiger partial charge in [0.15, 0.2) is 0 Å². The summed E-state index contributed by atoms with van der Waals surface area (Å²) < 4.78 is 5.71. The van der Waals surface area contributed by atoms with Crippen LogP contribution in [0, 0.1) is 17.8 Å². The predicted octanol–water partition coefficient (Wildman–Crippen LogP) is 2.98. The van der Waals surface area contributed by atoms with Crippen molar-refractivity contribution in [3.8, 4) is 0 Å². The van der Waals surface area contributed by atoms with Gasteiger partial charge < -0.3 is 15.1 Å². The number of fused-ring (bicyclic) bond motifs is 2. The van der Waals surface area contributed by atoms with Crippen molar-refractivity contribution >= 4 is 6.01 Å². The lowest BCUT2D eigenvalue weighted by Gasteiger charge is -2.27. The van der Waals surface area contributed by atoms with Crippen LogP contribution in [0.25, 0.3) is 0 Å². The van der Waals surface area contributed by atoms with E-state index >= 15 is 0 Å². The van der Waals surface area contributed by atoms with E-state index in [1.54, 1.807) is 0 Å². The van der Waals surface area contributed by atoms with Crippen LogP contribution >= 0.6 is 0 Å². The Morgan fingerprint density at radius 2 is 2.10 bits per heavy atom. The zero-order valence-electron chi connectivity index (χ0n) is 12.7. The molecule has 5 nitrogen and oxygen atoms in total. The quantitative estimate of drug-likeness (QED) is 0.837. The number of nitrogens with zero attached hydrogens (tertiary/aromatic N) is 2. The fourth-order valence-corrected chi connectivity index (χ4v) is 4.07. The van der Waals surface area contributed by atoms with E-state index in [4.69, 9.17) is 4.42 Å². The molecule has 2 saturated carbocycles. The first-order valence-corrected chi connectivity index (χ1v) is 8.00. The average molecular weight is 278 g/mol. The summed E-state index contributed by atoms with van der Waals surface area (Å²) in [6.07, 6.45) is 5.66. The van der Waals surface area contributed by atoms with Gasteiger partial charge in [-0.15, -0.1) is 5.10 Å². The van der Waals surface area contributed by atoms with Gasteiger partial charge in [-0.1, -0.05) is 18.4 Å². The Bertz CT molecular complexity index is 447. The molecule has 0 aliphatic heterocycles. The van der Waals surface area contributed by atoms with Crippen molar-refractivity contribution in [1.29, 1.82) is 0 Å². The summed E-state index contributed by atoms with van der Waals surface area (Å²) in [5.74, 6) is 3.32. The molecule has 5 heteroatoms. The third-order valence-electron chi connectivity index (χ3n) is 5.11.